The van der Waals surface area contributed by atoms with Crippen LogP contribution in [0.3, 0.4) is 0 Å². The van der Waals surface area contributed by atoms with Gasteiger partial charge in [-0.3, -0.25) is 20.7 Å². The molecule has 2 aromatic heterocycles. The summed E-state index contributed by atoms with van der Waals surface area (Å²) in [7, 11) is 0. The third-order valence-corrected chi connectivity index (χ3v) is 9.88. The largest absolute Gasteiger partial charge is 0.484 e. The van der Waals surface area contributed by atoms with Crippen LogP contribution >= 0.6 is 23.2 Å². The lowest BCUT2D eigenvalue weighted by molar-refractivity contribution is 0.171. The lowest BCUT2D eigenvalue weighted by Gasteiger charge is -2.32. The van der Waals surface area contributed by atoms with Crippen molar-refractivity contribution in [3.8, 4) is 5.75 Å². The van der Waals surface area contributed by atoms with Crippen molar-refractivity contribution in [1.82, 2.24) is 24.6 Å². The van der Waals surface area contributed by atoms with Gasteiger partial charge in [-0.05, 0) is 74.2 Å². The first-order valence-electron chi connectivity index (χ1n) is 16.9. The molecule has 0 saturated carbocycles. The second-order valence-electron chi connectivity index (χ2n) is 13.8. The molecule has 0 spiro atoms. The Hall–Kier alpha value is -4.12. The number of ether oxygens (including phenoxy) is 1. The van der Waals surface area contributed by atoms with E-state index < -0.39 is 0 Å². The summed E-state index contributed by atoms with van der Waals surface area (Å²) in [6, 6.07) is 17.8. The molecule has 49 heavy (non-hydrogen) atoms. The van der Waals surface area contributed by atoms with Crippen LogP contribution in [0.4, 0.5) is 10.6 Å². The first-order valence-corrected chi connectivity index (χ1v) is 17.7. The molecule has 1 aliphatic carbocycles. The number of pyridine rings is 1. The smallest absolute Gasteiger partial charge is 0.320 e. The molecule has 6 rings (SSSR count). The Balaban J connectivity index is 1.16. The summed E-state index contributed by atoms with van der Waals surface area (Å²) in [5.41, 5.74) is 3.19. The van der Waals surface area contributed by atoms with E-state index in [1.165, 1.54) is 23.8 Å². The van der Waals surface area contributed by atoms with Gasteiger partial charge in [-0.25, -0.2) is 9.48 Å². The van der Waals surface area contributed by atoms with Crippen LogP contribution in [0.5, 0.6) is 5.75 Å². The molecule has 0 bridgehead atoms. The zero-order valence-electron chi connectivity index (χ0n) is 28.2. The lowest BCUT2D eigenvalue weighted by Crippen LogP contribution is -2.36. The highest BCUT2D eigenvalue weighted by atomic mass is 35.5. The number of nitrogens with zero attached hydrogens (tertiary/aromatic N) is 4. The minimum absolute atomic E-state index is 0.0205. The summed E-state index contributed by atoms with van der Waals surface area (Å²) in [6.07, 6.45) is 6.40. The van der Waals surface area contributed by atoms with Crippen molar-refractivity contribution in [1.29, 1.82) is 10.8 Å². The Morgan fingerprint density at radius 3 is 2.39 bits per heavy atom. The third kappa shape index (κ3) is 8.03. The maximum atomic E-state index is 13.5. The number of amides is 2. The van der Waals surface area contributed by atoms with Gasteiger partial charge in [0.1, 0.15) is 29.0 Å². The summed E-state index contributed by atoms with van der Waals surface area (Å²) >= 11 is 12.7. The molecule has 12 heteroatoms. The van der Waals surface area contributed by atoms with Crippen molar-refractivity contribution in [3.63, 3.8) is 0 Å². The Kier molecular flexibility index (Phi) is 10.5. The van der Waals surface area contributed by atoms with Crippen LogP contribution in [0.2, 0.25) is 10.0 Å². The van der Waals surface area contributed by atoms with Gasteiger partial charge >= 0.3 is 6.03 Å². The molecule has 2 aromatic carbocycles. The van der Waals surface area contributed by atoms with Gasteiger partial charge in [0.15, 0.2) is 0 Å². The second kappa shape index (κ2) is 14.8. The van der Waals surface area contributed by atoms with E-state index in [9.17, 15) is 4.79 Å². The third-order valence-electron chi connectivity index (χ3n) is 9.25. The van der Waals surface area contributed by atoms with Crippen molar-refractivity contribution in [2.24, 2.45) is 0 Å². The van der Waals surface area contributed by atoms with Crippen LogP contribution in [-0.2, 0) is 12.0 Å². The minimum atomic E-state index is -0.286. The number of benzene rings is 2. The second-order valence-corrected chi connectivity index (χ2v) is 14.6. The zero-order chi connectivity index (χ0) is 34.7. The minimum Gasteiger partial charge on any atom is -0.484 e. The number of likely N-dealkylation sites (tertiary alicyclic amines) is 1. The maximum absolute atomic E-state index is 13.5. The normalized spacial score (nSPS) is 18.1. The van der Waals surface area contributed by atoms with Crippen LogP contribution < -0.4 is 20.9 Å². The number of piperidine rings is 1. The summed E-state index contributed by atoms with van der Waals surface area (Å²) < 4.78 is 9.82. The molecule has 2 atom stereocenters. The average molecular weight is 704 g/mol. The Morgan fingerprint density at radius 2 is 1.67 bits per heavy atom. The SMILES string of the molecule is CC(C)(C)c1cc(NC(=O)N[C@H]2CC[C@@H](Oc3ccc(=N)n(C(=N)c4c(Cl)cccc4Cl)c3)c3ccccc32)n(CCN2CCCCC2)n1. The first kappa shape index (κ1) is 34.7. The summed E-state index contributed by atoms with van der Waals surface area (Å²) in [6.45, 7) is 10.2. The topological polar surface area (TPSA) is 124 Å². The van der Waals surface area contributed by atoms with E-state index in [0.717, 1.165) is 36.5 Å². The van der Waals surface area contributed by atoms with Gasteiger partial charge in [-0.15, -0.1) is 0 Å². The summed E-state index contributed by atoms with van der Waals surface area (Å²) in [5, 5.41) is 29.1. The number of carbonyl (C=O) groups is 1. The van der Waals surface area contributed by atoms with Crippen molar-refractivity contribution < 1.29 is 9.53 Å². The van der Waals surface area contributed by atoms with Crippen molar-refractivity contribution in [2.75, 3.05) is 25.0 Å². The highest BCUT2D eigenvalue weighted by Crippen LogP contribution is 2.39. The molecule has 4 N–H and O–H groups in total. The van der Waals surface area contributed by atoms with E-state index in [2.05, 4.69) is 36.3 Å². The highest BCUT2D eigenvalue weighted by molar-refractivity contribution is 6.40. The zero-order valence-corrected chi connectivity index (χ0v) is 29.7. The predicted octanol–water partition coefficient (Wildman–Crippen LogP) is 7.90. The number of rotatable bonds is 8. The number of urea groups is 1. The van der Waals surface area contributed by atoms with E-state index in [-0.39, 0.29) is 34.9 Å². The molecule has 0 unspecified atom stereocenters. The van der Waals surface area contributed by atoms with Crippen LogP contribution in [0.15, 0.2) is 66.9 Å². The highest BCUT2D eigenvalue weighted by Gasteiger charge is 2.30. The first-order chi connectivity index (χ1) is 23.5. The fraction of sp³-hybridized carbons (Fsp3) is 0.405. The number of nitrogens with one attached hydrogen (secondary N) is 4. The average Bonchev–Trinajstić information content (AvgIpc) is 3.49. The van der Waals surface area contributed by atoms with E-state index in [4.69, 9.17) is 43.9 Å². The van der Waals surface area contributed by atoms with Gasteiger partial charge in [0.2, 0.25) is 0 Å². The Labute approximate surface area is 297 Å². The number of fused-ring (bicyclic) bond motifs is 1. The molecule has 3 heterocycles. The van der Waals surface area contributed by atoms with Gasteiger partial charge in [-0.1, -0.05) is 80.7 Å². The van der Waals surface area contributed by atoms with Gasteiger partial charge in [-0.2, -0.15) is 5.10 Å². The molecule has 1 saturated heterocycles. The summed E-state index contributed by atoms with van der Waals surface area (Å²) in [5.74, 6) is 1.17. The predicted molar refractivity (Wildman–Crippen MR) is 194 cm³/mol. The molecule has 2 aliphatic rings. The van der Waals surface area contributed by atoms with E-state index in [1.807, 2.05) is 35.0 Å². The van der Waals surface area contributed by atoms with Crippen LogP contribution in [0, 0.1) is 10.8 Å². The number of hydrogen-bond donors (Lipinski definition) is 4. The van der Waals surface area contributed by atoms with E-state index in [0.29, 0.717) is 46.6 Å². The number of anilines is 1. The van der Waals surface area contributed by atoms with Crippen molar-refractivity contribution in [3.05, 3.63) is 105 Å². The van der Waals surface area contributed by atoms with Crippen LogP contribution in [0.25, 0.3) is 0 Å². The van der Waals surface area contributed by atoms with E-state index >= 15 is 0 Å². The molecule has 258 valence electrons. The number of carbonyl (C=O) groups excluding carboxylic acids is 1. The lowest BCUT2D eigenvalue weighted by atomic mass is 9.85. The standard InChI is InChI=1S/C37H44Cl2N8O2/c1-37(2,3)31-22-33(47(44-31)21-20-45-18-7-4-8-19-45)43-36(48)42-29-15-16-30(26-11-6-5-10-25(26)29)49-24-14-17-32(40)46(23-24)35(41)34-27(38)12-9-13-28(34)39/h5-6,9-14,17,22-23,29-30,40-41H,4,7-8,15-16,18-21H2,1-3H3,(H2,42,43,48)/t29-,30+/m0/s1. The fourth-order valence-electron chi connectivity index (χ4n) is 6.55. The molecular formula is C37H44Cl2N8O2. The number of halogens is 2. The number of aromatic nitrogens is 3. The van der Waals surface area contributed by atoms with Gasteiger partial charge in [0.25, 0.3) is 0 Å². The van der Waals surface area contributed by atoms with Crippen molar-refractivity contribution >= 4 is 40.9 Å². The summed E-state index contributed by atoms with van der Waals surface area (Å²) in [4.78, 5) is 16.0. The van der Waals surface area contributed by atoms with Gasteiger partial charge in [0.05, 0.1) is 40.1 Å². The molecule has 0 radical (unpaired) electrons. The monoisotopic (exact) mass is 702 g/mol. The molecule has 2 amide bonds. The Morgan fingerprint density at radius 1 is 0.959 bits per heavy atom. The fourth-order valence-corrected chi connectivity index (χ4v) is 7.13. The molecule has 4 aromatic rings. The van der Waals surface area contributed by atoms with Crippen LogP contribution in [-0.4, -0.2) is 50.7 Å². The number of hydrogen-bond acceptors (Lipinski definition) is 6. The maximum Gasteiger partial charge on any atom is 0.320 e. The van der Waals surface area contributed by atoms with Crippen LogP contribution in [0.1, 0.15) is 87.4 Å². The quantitative estimate of drug-likeness (QED) is 0.110. The van der Waals surface area contributed by atoms with Gasteiger partial charge < -0.3 is 15.0 Å². The molecule has 1 aliphatic heterocycles. The Bertz CT molecular complexity index is 1870. The van der Waals surface area contributed by atoms with Gasteiger partial charge in [0, 0.05) is 18.0 Å². The molecular weight excluding hydrogens is 659 g/mol. The molecule has 10 nitrogen and oxygen atoms in total. The molecule has 1 fully saturated rings. The van der Waals surface area contributed by atoms with E-state index in [1.54, 1.807) is 36.5 Å². The van der Waals surface area contributed by atoms with Crippen molar-refractivity contribution in [2.45, 2.75) is 77.0 Å².